The molecule has 1 aliphatic heterocycles. The lowest BCUT2D eigenvalue weighted by Gasteiger charge is -2.32. The summed E-state index contributed by atoms with van der Waals surface area (Å²) in [6, 6.07) is 2.43. The number of nitrogens with one attached hydrogen (secondary N) is 1. The van der Waals surface area contributed by atoms with Crippen LogP contribution in [0.5, 0.6) is 0 Å². The zero-order valence-electron chi connectivity index (χ0n) is 10.1. The van der Waals surface area contributed by atoms with Gasteiger partial charge in [0.15, 0.2) is 0 Å². The van der Waals surface area contributed by atoms with Crippen LogP contribution < -0.4 is 5.32 Å². The number of hydrogen-bond donors (Lipinski definition) is 1. The van der Waals surface area contributed by atoms with Crippen LogP contribution in [-0.2, 0) is 5.75 Å². The molecule has 1 aliphatic rings. The lowest BCUT2D eigenvalue weighted by molar-refractivity contribution is 0.482. The van der Waals surface area contributed by atoms with Crippen molar-refractivity contribution in [3.8, 4) is 0 Å². The van der Waals surface area contributed by atoms with E-state index in [-0.39, 0.29) is 6.04 Å². The zero-order valence-corrected chi connectivity index (χ0v) is 10.9. The Bertz CT molecular complexity index is 409. The van der Waals surface area contributed by atoms with E-state index in [2.05, 4.69) is 19.2 Å². The maximum absolute atomic E-state index is 13.9. The van der Waals surface area contributed by atoms with E-state index in [1.807, 2.05) is 0 Å². The normalized spacial score (nSPS) is 23.5. The Morgan fingerprint density at radius 2 is 2.18 bits per heavy atom. The van der Waals surface area contributed by atoms with Crippen LogP contribution in [0.1, 0.15) is 37.4 Å². The lowest BCUT2D eigenvalue weighted by Crippen LogP contribution is -2.33. The molecule has 0 bridgehead atoms. The summed E-state index contributed by atoms with van der Waals surface area (Å²) in [5.41, 5.74) is 1.45. The molecule has 2 rings (SSSR count). The fourth-order valence-electron chi connectivity index (χ4n) is 2.23. The molecule has 4 heteroatoms. The van der Waals surface area contributed by atoms with Gasteiger partial charge < -0.3 is 5.32 Å². The van der Waals surface area contributed by atoms with Gasteiger partial charge >= 0.3 is 0 Å². The predicted molar refractivity (Wildman–Crippen MR) is 68.1 cm³/mol. The van der Waals surface area contributed by atoms with Gasteiger partial charge in [0, 0.05) is 28.7 Å². The van der Waals surface area contributed by atoms with Gasteiger partial charge in [-0.25, -0.2) is 8.78 Å². The molecule has 1 aromatic carbocycles. The second-order valence-electron chi connectivity index (χ2n) is 4.41. The molecular formula is C13H17F2NS. The summed E-state index contributed by atoms with van der Waals surface area (Å²) in [5.74, 6) is -0.207. The van der Waals surface area contributed by atoms with Gasteiger partial charge in [0.05, 0.1) is 0 Å². The Balaban J connectivity index is 2.36. The molecule has 0 saturated heterocycles. The highest BCUT2D eigenvalue weighted by Gasteiger charge is 2.29. The summed E-state index contributed by atoms with van der Waals surface area (Å²) in [4.78, 5) is 0. The average Bonchev–Trinajstić information content (AvgIpc) is 2.28. The second-order valence-corrected chi connectivity index (χ2v) is 5.77. The SMILES string of the molecule is CCCNC1c2c(F)cc(F)cc2CSC1C. The molecule has 0 radical (unpaired) electrons. The maximum atomic E-state index is 13.9. The van der Waals surface area contributed by atoms with Crippen molar-refractivity contribution in [2.24, 2.45) is 0 Å². The van der Waals surface area contributed by atoms with Gasteiger partial charge in [-0.15, -0.1) is 0 Å². The third-order valence-electron chi connectivity index (χ3n) is 3.08. The van der Waals surface area contributed by atoms with E-state index >= 15 is 0 Å². The topological polar surface area (TPSA) is 12.0 Å². The smallest absolute Gasteiger partial charge is 0.131 e. The minimum Gasteiger partial charge on any atom is -0.309 e. The lowest BCUT2D eigenvalue weighted by atomic mass is 9.97. The molecule has 0 amide bonds. The number of halogens is 2. The third kappa shape index (κ3) is 2.63. The van der Waals surface area contributed by atoms with E-state index in [1.54, 1.807) is 11.8 Å². The second kappa shape index (κ2) is 5.36. The summed E-state index contributed by atoms with van der Waals surface area (Å²) >= 11 is 1.74. The molecular weight excluding hydrogens is 240 g/mol. The van der Waals surface area contributed by atoms with Crippen LogP contribution in [0, 0.1) is 11.6 Å². The van der Waals surface area contributed by atoms with Gasteiger partial charge in [0.1, 0.15) is 11.6 Å². The quantitative estimate of drug-likeness (QED) is 0.887. The third-order valence-corrected chi connectivity index (χ3v) is 4.35. The molecule has 0 saturated carbocycles. The van der Waals surface area contributed by atoms with Crippen molar-refractivity contribution in [3.63, 3.8) is 0 Å². The van der Waals surface area contributed by atoms with Crippen molar-refractivity contribution in [1.82, 2.24) is 5.32 Å². The van der Waals surface area contributed by atoms with Crippen molar-refractivity contribution >= 4 is 11.8 Å². The molecule has 1 N–H and O–H groups in total. The van der Waals surface area contributed by atoms with E-state index in [0.29, 0.717) is 16.6 Å². The van der Waals surface area contributed by atoms with Crippen molar-refractivity contribution in [2.75, 3.05) is 6.54 Å². The Morgan fingerprint density at radius 3 is 2.88 bits per heavy atom. The molecule has 2 atom stereocenters. The van der Waals surface area contributed by atoms with Gasteiger partial charge in [-0.05, 0) is 24.6 Å². The first kappa shape index (κ1) is 12.8. The Labute approximate surface area is 105 Å². The standard InChI is InChI=1S/C13H17F2NS/c1-3-4-16-13-8(2)17-7-9-5-10(14)6-11(15)12(9)13/h5-6,8,13,16H,3-4,7H2,1-2H3. The zero-order chi connectivity index (χ0) is 12.4. The molecule has 1 nitrogen and oxygen atoms in total. The maximum Gasteiger partial charge on any atom is 0.131 e. The first-order chi connectivity index (χ1) is 8.13. The fraction of sp³-hybridized carbons (Fsp3) is 0.538. The fourth-order valence-corrected chi connectivity index (χ4v) is 3.33. The average molecular weight is 257 g/mol. The highest BCUT2D eigenvalue weighted by Crippen LogP contribution is 2.39. The first-order valence-corrected chi connectivity index (χ1v) is 7.01. The van der Waals surface area contributed by atoms with Gasteiger partial charge in [-0.1, -0.05) is 13.8 Å². The first-order valence-electron chi connectivity index (χ1n) is 5.96. The molecule has 0 aromatic heterocycles. The largest absolute Gasteiger partial charge is 0.309 e. The number of fused-ring (bicyclic) bond motifs is 1. The number of hydrogen-bond acceptors (Lipinski definition) is 2. The Hall–Kier alpha value is -0.610. The number of rotatable bonds is 3. The molecule has 1 heterocycles. The molecule has 0 spiro atoms. The van der Waals surface area contributed by atoms with Crippen molar-refractivity contribution in [1.29, 1.82) is 0 Å². The van der Waals surface area contributed by atoms with E-state index in [0.717, 1.165) is 24.6 Å². The molecule has 17 heavy (non-hydrogen) atoms. The van der Waals surface area contributed by atoms with Gasteiger partial charge in [-0.2, -0.15) is 11.8 Å². The van der Waals surface area contributed by atoms with E-state index in [4.69, 9.17) is 0 Å². The van der Waals surface area contributed by atoms with Crippen LogP contribution >= 0.6 is 11.8 Å². The van der Waals surface area contributed by atoms with Crippen molar-refractivity contribution < 1.29 is 8.78 Å². The van der Waals surface area contributed by atoms with Gasteiger partial charge in [-0.3, -0.25) is 0 Å². The van der Waals surface area contributed by atoms with Crippen LogP contribution in [0.2, 0.25) is 0 Å². The molecule has 2 unspecified atom stereocenters. The van der Waals surface area contributed by atoms with Crippen molar-refractivity contribution in [2.45, 2.75) is 37.3 Å². The summed E-state index contributed by atoms with van der Waals surface area (Å²) in [6.07, 6.45) is 1.01. The summed E-state index contributed by atoms with van der Waals surface area (Å²) in [7, 11) is 0. The summed E-state index contributed by atoms with van der Waals surface area (Å²) < 4.78 is 27.1. The monoisotopic (exact) mass is 257 g/mol. The molecule has 94 valence electrons. The number of thioether (sulfide) groups is 1. The summed E-state index contributed by atoms with van der Waals surface area (Å²) in [6.45, 7) is 5.02. The molecule has 0 fully saturated rings. The van der Waals surface area contributed by atoms with Gasteiger partial charge in [0.25, 0.3) is 0 Å². The summed E-state index contributed by atoms with van der Waals surface area (Å²) in [5, 5.41) is 3.67. The van der Waals surface area contributed by atoms with Crippen LogP contribution in [0.25, 0.3) is 0 Å². The Kier molecular flexibility index (Phi) is 4.05. The van der Waals surface area contributed by atoms with Crippen LogP contribution in [0.15, 0.2) is 12.1 Å². The van der Waals surface area contributed by atoms with Crippen LogP contribution in [-0.4, -0.2) is 11.8 Å². The highest BCUT2D eigenvalue weighted by atomic mass is 32.2. The Morgan fingerprint density at radius 1 is 1.41 bits per heavy atom. The predicted octanol–water partition coefficient (Wildman–Crippen LogP) is 3.64. The number of benzene rings is 1. The van der Waals surface area contributed by atoms with E-state index in [9.17, 15) is 8.78 Å². The highest BCUT2D eigenvalue weighted by molar-refractivity contribution is 7.99. The van der Waals surface area contributed by atoms with E-state index < -0.39 is 11.6 Å². The van der Waals surface area contributed by atoms with Crippen LogP contribution in [0.3, 0.4) is 0 Å². The van der Waals surface area contributed by atoms with Crippen molar-refractivity contribution in [3.05, 3.63) is 34.9 Å². The van der Waals surface area contributed by atoms with Crippen LogP contribution in [0.4, 0.5) is 8.78 Å². The minimum atomic E-state index is -0.481. The molecule has 0 aliphatic carbocycles. The molecule has 1 aromatic rings. The van der Waals surface area contributed by atoms with Gasteiger partial charge in [0.2, 0.25) is 0 Å². The van der Waals surface area contributed by atoms with E-state index in [1.165, 1.54) is 6.07 Å². The minimum absolute atomic E-state index is 0.00991.